The predicted octanol–water partition coefficient (Wildman–Crippen LogP) is 4.35. The minimum absolute atomic E-state index is 0.0896. The molecule has 0 aliphatic heterocycles. The molecule has 8 heteroatoms. The first-order valence-electron chi connectivity index (χ1n) is 10.7. The lowest BCUT2D eigenvalue weighted by Crippen LogP contribution is -2.30. The van der Waals surface area contributed by atoms with Gasteiger partial charge in [0, 0.05) is 13.1 Å². The third kappa shape index (κ3) is 6.01. The molecule has 0 aromatic heterocycles. The number of methoxy groups -OCH3 is 1. The molecular weight excluding hydrogens is 428 g/mol. The second-order valence-electron chi connectivity index (χ2n) is 8.54. The average Bonchev–Trinajstić information content (AvgIpc) is 2.72. The van der Waals surface area contributed by atoms with Crippen molar-refractivity contribution < 1.29 is 22.7 Å². The van der Waals surface area contributed by atoms with E-state index in [4.69, 9.17) is 9.47 Å². The highest BCUT2D eigenvalue weighted by molar-refractivity contribution is 7.89. The summed E-state index contributed by atoms with van der Waals surface area (Å²) in [7, 11) is -2.21. The fraction of sp³-hybridized carbons (Fsp3) is 0.458. The number of ether oxygens (including phenoxy) is 2. The molecule has 0 unspecified atom stereocenters. The highest BCUT2D eigenvalue weighted by atomic mass is 32.2. The maximum absolute atomic E-state index is 12.8. The van der Waals surface area contributed by atoms with Crippen molar-refractivity contribution in [2.24, 2.45) is 0 Å². The summed E-state index contributed by atoms with van der Waals surface area (Å²) in [6.45, 7) is 12.3. The Hall–Kier alpha value is -2.58. The molecule has 0 atom stereocenters. The van der Waals surface area contributed by atoms with E-state index in [1.807, 2.05) is 19.1 Å². The van der Waals surface area contributed by atoms with E-state index >= 15 is 0 Å². The van der Waals surface area contributed by atoms with Gasteiger partial charge in [0.15, 0.2) is 6.61 Å². The summed E-state index contributed by atoms with van der Waals surface area (Å²) in [5.74, 6) is 0.590. The van der Waals surface area contributed by atoms with Gasteiger partial charge in [-0.1, -0.05) is 52.3 Å². The zero-order valence-corrected chi connectivity index (χ0v) is 20.8. The van der Waals surface area contributed by atoms with Crippen molar-refractivity contribution in [2.45, 2.75) is 51.9 Å². The molecule has 0 fully saturated rings. The van der Waals surface area contributed by atoms with Crippen molar-refractivity contribution in [1.29, 1.82) is 0 Å². The molecule has 176 valence electrons. The summed E-state index contributed by atoms with van der Waals surface area (Å²) in [6.07, 6.45) is 0. The zero-order chi connectivity index (χ0) is 24.1. The van der Waals surface area contributed by atoms with Gasteiger partial charge in [-0.05, 0) is 42.2 Å². The van der Waals surface area contributed by atoms with Gasteiger partial charge in [-0.3, -0.25) is 4.79 Å². The number of nitrogens with one attached hydrogen (secondary N) is 1. The van der Waals surface area contributed by atoms with Gasteiger partial charge >= 0.3 is 0 Å². The molecule has 0 saturated heterocycles. The summed E-state index contributed by atoms with van der Waals surface area (Å²) in [6, 6.07) is 10.3. The summed E-state index contributed by atoms with van der Waals surface area (Å²) in [5, 5.41) is 2.72. The van der Waals surface area contributed by atoms with Crippen LogP contribution >= 0.6 is 0 Å². The topological polar surface area (TPSA) is 84.9 Å². The molecule has 1 N–H and O–H groups in total. The number of anilines is 1. The number of carbonyl (C=O) groups excluding carboxylic acids is 1. The summed E-state index contributed by atoms with van der Waals surface area (Å²) in [4.78, 5) is 12.7. The van der Waals surface area contributed by atoms with Crippen molar-refractivity contribution in [1.82, 2.24) is 4.31 Å². The molecule has 0 radical (unpaired) electrons. The van der Waals surface area contributed by atoms with E-state index < -0.39 is 15.9 Å². The Morgan fingerprint density at radius 1 is 1.03 bits per heavy atom. The lowest BCUT2D eigenvalue weighted by molar-refractivity contribution is -0.118. The Labute approximate surface area is 191 Å². The molecular formula is C24H34N2O5S. The van der Waals surface area contributed by atoms with Gasteiger partial charge in [0.1, 0.15) is 11.5 Å². The van der Waals surface area contributed by atoms with E-state index in [0.29, 0.717) is 24.6 Å². The van der Waals surface area contributed by atoms with Crippen LogP contribution in [0.5, 0.6) is 11.5 Å². The number of amides is 1. The Morgan fingerprint density at radius 3 is 2.22 bits per heavy atom. The second-order valence-corrected chi connectivity index (χ2v) is 10.5. The molecule has 32 heavy (non-hydrogen) atoms. The van der Waals surface area contributed by atoms with E-state index in [1.54, 1.807) is 13.8 Å². The van der Waals surface area contributed by atoms with E-state index in [-0.39, 0.29) is 22.6 Å². The highest BCUT2D eigenvalue weighted by Crippen LogP contribution is 2.32. The standard InChI is InChI=1S/C24H34N2O5S/c1-8-26(9-2)32(28,29)18-11-13-22(30-7)20(15-18)25-23(27)16-31-21-12-10-17(3)14-19(21)24(4,5)6/h10-15H,8-9,16H2,1-7H3,(H,25,27). The van der Waals surface area contributed by atoms with Gasteiger partial charge in [0.05, 0.1) is 17.7 Å². The van der Waals surface area contributed by atoms with Gasteiger partial charge in [0.2, 0.25) is 10.0 Å². The maximum Gasteiger partial charge on any atom is 0.262 e. The number of aryl methyl sites for hydroxylation is 1. The molecule has 0 spiro atoms. The Balaban J connectivity index is 2.24. The van der Waals surface area contributed by atoms with Crippen molar-refractivity contribution in [3.63, 3.8) is 0 Å². The van der Waals surface area contributed by atoms with Crippen LogP contribution in [-0.2, 0) is 20.2 Å². The van der Waals surface area contributed by atoms with E-state index in [1.165, 1.54) is 29.6 Å². The molecule has 7 nitrogen and oxygen atoms in total. The van der Waals surface area contributed by atoms with E-state index in [2.05, 4.69) is 32.2 Å². The van der Waals surface area contributed by atoms with Gasteiger partial charge in [-0.2, -0.15) is 4.31 Å². The van der Waals surface area contributed by atoms with Crippen molar-refractivity contribution in [3.8, 4) is 11.5 Å². The number of hydrogen-bond donors (Lipinski definition) is 1. The van der Waals surface area contributed by atoms with Gasteiger partial charge in [-0.25, -0.2) is 8.42 Å². The SMILES string of the molecule is CCN(CC)S(=O)(=O)c1ccc(OC)c(NC(=O)COc2ccc(C)cc2C(C)(C)C)c1. The number of hydrogen-bond acceptors (Lipinski definition) is 5. The number of nitrogens with zero attached hydrogens (tertiary/aromatic N) is 1. The van der Waals surface area contributed by atoms with Crippen LogP contribution < -0.4 is 14.8 Å². The summed E-state index contributed by atoms with van der Waals surface area (Å²) < 4.78 is 38.2. The molecule has 2 aromatic rings. The number of rotatable bonds is 9. The van der Waals surface area contributed by atoms with Crippen molar-refractivity contribution in [3.05, 3.63) is 47.5 Å². The number of benzene rings is 2. The van der Waals surface area contributed by atoms with Gasteiger partial charge in [0.25, 0.3) is 5.91 Å². The third-order valence-electron chi connectivity index (χ3n) is 5.09. The largest absolute Gasteiger partial charge is 0.495 e. The van der Waals surface area contributed by atoms with Crippen LogP contribution in [0, 0.1) is 6.92 Å². The van der Waals surface area contributed by atoms with Crippen LogP contribution in [-0.4, -0.2) is 45.4 Å². The van der Waals surface area contributed by atoms with Crippen LogP contribution in [0.4, 0.5) is 5.69 Å². The molecule has 0 heterocycles. The number of carbonyl (C=O) groups is 1. The Bertz CT molecular complexity index is 1050. The molecule has 1 amide bonds. The van der Waals surface area contributed by atoms with E-state index in [0.717, 1.165) is 11.1 Å². The first-order valence-corrected chi connectivity index (χ1v) is 12.1. The van der Waals surface area contributed by atoms with Crippen molar-refractivity contribution in [2.75, 3.05) is 32.1 Å². The molecule has 2 rings (SSSR count). The fourth-order valence-electron chi connectivity index (χ4n) is 3.34. The fourth-order valence-corrected chi connectivity index (χ4v) is 4.83. The van der Waals surface area contributed by atoms with E-state index in [9.17, 15) is 13.2 Å². The smallest absolute Gasteiger partial charge is 0.262 e. The Kier molecular flexibility index (Phi) is 8.31. The maximum atomic E-state index is 12.8. The van der Waals surface area contributed by atoms with Gasteiger partial charge in [-0.15, -0.1) is 0 Å². The van der Waals surface area contributed by atoms with Crippen LogP contribution in [0.2, 0.25) is 0 Å². The molecule has 0 aliphatic carbocycles. The lowest BCUT2D eigenvalue weighted by Gasteiger charge is -2.23. The minimum atomic E-state index is -3.67. The van der Waals surface area contributed by atoms with Crippen LogP contribution in [0.1, 0.15) is 45.7 Å². The van der Waals surface area contributed by atoms with Crippen LogP contribution in [0.25, 0.3) is 0 Å². The van der Waals surface area contributed by atoms with Gasteiger partial charge < -0.3 is 14.8 Å². The minimum Gasteiger partial charge on any atom is -0.495 e. The third-order valence-corrected chi connectivity index (χ3v) is 7.14. The Morgan fingerprint density at radius 2 is 1.66 bits per heavy atom. The molecule has 0 saturated carbocycles. The second kappa shape index (κ2) is 10.4. The normalized spacial score (nSPS) is 12.0. The highest BCUT2D eigenvalue weighted by Gasteiger charge is 2.24. The molecule has 0 bridgehead atoms. The lowest BCUT2D eigenvalue weighted by atomic mass is 9.85. The number of sulfonamides is 1. The quantitative estimate of drug-likeness (QED) is 0.599. The monoisotopic (exact) mass is 462 g/mol. The predicted molar refractivity (Wildman–Crippen MR) is 127 cm³/mol. The van der Waals surface area contributed by atoms with Crippen LogP contribution in [0.15, 0.2) is 41.3 Å². The first-order chi connectivity index (χ1) is 14.9. The first kappa shape index (κ1) is 25.7. The molecule has 0 aliphatic rings. The van der Waals surface area contributed by atoms with Crippen molar-refractivity contribution >= 4 is 21.6 Å². The van der Waals surface area contributed by atoms with Crippen LogP contribution in [0.3, 0.4) is 0 Å². The molecule has 2 aromatic carbocycles. The summed E-state index contributed by atoms with van der Waals surface area (Å²) in [5.41, 5.74) is 2.25. The average molecular weight is 463 g/mol. The summed E-state index contributed by atoms with van der Waals surface area (Å²) >= 11 is 0. The zero-order valence-electron chi connectivity index (χ0n) is 20.0.